The number of carbonyl (C=O) groups is 3. The van der Waals surface area contributed by atoms with Crippen LogP contribution in [0.5, 0.6) is 5.75 Å². The van der Waals surface area contributed by atoms with Crippen molar-refractivity contribution in [3.05, 3.63) is 108 Å². The SMILES string of the molecule is COc1cccc(CN(C(=O)CCCN2C(=O)c3cccc4cccc2c34)[C@H](Cc2ccccc2)C(=O)NC2CCCCC2)c1. The molecule has 45 heavy (non-hydrogen) atoms. The first kappa shape index (κ1) is 30.4. The van der Waals surface area contributed by atoms with Crippen LogP contribution >= 0.6 is 0 Å². The van der Waals surface area contributed by atoms with Gasteiger partial charge in [-0.25, -0.2) is 0 Å². The highest BCUT2D eigenvalue weighted by atomic mass is 16.5. The maximum absolute atomic E-state index is 14.2. The van der Waals surface area contributed by atoms with Crippen LogP contribution in [0.4, 0.5) is 5.69 Å². The predicted octanol–water partition coefficient (Wildman–Crippen LogP) is 6.68. The number of anilines is 1. The molecule has 0 aromatic heterocycles. The zero-order valence-corrected chi connectivity index (χ0v) is 25.9. The molecule has 0 unspecified atom stereocenters. The summed E-state index contributed by atoms with van der Waals surface area (Å²) in [5.74, 6) is 0.447. The fraction of sp³-hybridized carbons (Fsp3) is 0.342. The van der Waals surface area contributed by atoms with Gasteiger partial charge in [0, 0.05) is 42.9 Å². The Hall–Kier alpha value is -4.65. The average molecular weight is 604 g/mol. The molecule has 0 bridgehead atoms. The minimum Gasteiger partial charge on any atom is -0.497 e. The van der Waals surface area contributed by atoms with E-state index in [0.29, 0.717) is 30.7 Å². The van der Waals surface area contributed by atoms with E-state index in [2.05, 4.69) is 5.32 Å². The van der Waals surface area contributed by atoms with Crippen LogP contribution in [0.3, 0.4) is 0 Å². The van der Waals surface area contributed by atoms with E-state index in [1.807, 2.05) is 91.0 Å². The van der Waals surface area contributed by atoms with Gasteiger partial charge in [-0.1, -0.05) is 86.0 Å². The van der Waals surface area contributed by atoms with Crippen molar-refractivity contribution in [1.82, 2.24) is 10.2 Å². The van der Waals surface area contributed by atoms with Gasteiger partial charge in [-0.3, -0.25) is 14.4 Å². The molecule has 2 aliphatic rings. The molecule has 1 heterocycles. The summed E-state index contributed by atoms with van der Waals surface area (Å²) in [6.45, 7) is 0.696. The third-order valence-corrected chi connectivity index (χ3v) is 9.13. The molecule has 7 heteroatoms. The number of nitrogens with zero attached hydrogens (tertiary/aromatic N) is 2. The van der Waals surface area contributed by atoms with Crippen molar-refractivity contribution in [1.29, 1.82) is 0 Å². The van der Waals surface area contributed by atoms with Crippen LogP contribution in [0.2, 0.25) is 0 Å². The number of carbonyl (C=O) groups excluding carboxylic acids is 3. The summed E-state index contributed by atoms with van der Waals surface area (Å²) in [6.07, 6.45) is 6.44. The Kier molecular flexibility index (Phi) is 9.44. The molecule has 1 atom stereocenters. The van der Waals surface area contributed by atoms with Crippen molar-refractivity contribution in [2.75, 3.05) is 18.6 Å². The molecule has 1 saturated carbocycles. The molecule has 0 radical (unpaired) electrons. The lowest BCUT2D eigenvalue weighted by atomic mass is 9.94. The normalized spacial score (nSPS) is 15.2. The van der Waals surface area contributed by atoms with E-state index in [1.165, 1.54) is 6.42 Å². The van der Waals surface area contributed by atoms with Gasteiger partial charge in [-0.2, -0.15) is 0 Å². The molecule has 1 fully saturated rings. The van der Waals surface area contributed by atoms with E-state index in [4.69, 9.17) is 4.74 Å². The van der Waals surface area contributed by atoms with Crippen molar-refractivity contribution >= 4 is 34.2 Å². The molecule has 4 aromatic rings. The average Bonchev–Trinajstić information content (AvgIpc) is 3.35. The molecule has 1 aliphatic carbocycles. The van der Waals surface area contributed by atoms with E-state index in [-0.39, 0.29) is 36.7 Å². The highest BCUT2D eigenvalue weighted by molar-refractivity contribution is 6.25. The van der Waals surface area contributed by atoms with Crippen molar-refractivity contribution in [2.24, 2.45) is 0 Å². The second-order valence-electron chi connectivity index (χ2n) is 12.2. The van der Waals surface area contributed by atoms with Crippen molar-refractivity contribution < 1.29 is 19.1 Å². The van der Waals surface area contributed by atoms with E-state index in [1.54, 1.807) is 16.9 Å². The fourth-order valence-electron chi connectivity index (χ4n) is 6.80. The van der Waals surface area contributed by atoms with Gasteiger partial charge in [0.05, 0.1) is 12.8 Å². The van der Waals surface area contributed by atoms with Crippen LogP contribution in [0.15, 0.2) is 91.0 Å². The first-order valence-corrected chi connectivity index (χ1v) is 16.1. The number of nitrogens with one attached hydrogen (secondary N) is 1. The molecular weight excluding hydrogens is 562 g/mol. The van der Waals surface area contributed by atoms with Gasteiger partial charge in [0.2, 0.25) is 11.8 Å². The predicted molar refractivity (Wildman–Crippen MR) is 177 cm³/mol. The van der Waals surface area contributed by atoms with Gasteiger partial charge in [0.15, 0.2) is 0 Å². The Morgan fingerprint density at radius 3 is 2.42 bits per heavy atom. The van der Waals surface area contributed by atoms with Crippen LogP contribution < -0.4 is 15.0 Å². The van der Waals surface area contributed by atoms with Gasteiger partial charge >= 0.3 is 0 Å². The molecule has 6 rings (SSSR count). The number of benzene rings is 4. The summed E-state index contributed by atoms with van der Waals surface area (Å²) in [5.41, 5.74) is 3.49. The van der Waals surface area contributed by atoms with Crippen LogP contribution in [0.25, 0.3) is 10.8 Å². The van der Waals surface area contributed by atoms with Crippen molar-refractivity contribution in [3.63, 3.8) is 0 Å². The monoisotopic (exact) mass is 603 g/mol. The smallest absolute Gasteiger partial charge is 0.258 e. The lowest BCUT2D eigenvalue weighted by Gasteiger charge is -2.34. The van der Waals surface area contributed by atoms with Crippen molar-refractivity contribution in [2.45, 2.75) is 70.0 Å². The Balaban J connectivity index is 1.24. The summed E-state index contributed by atoms with van der Waals surface area (Å²) in [7, 11) is 1.62. The summed E-state index contributed by atoms with van der Waals surface area (Å²) >= 11 is 0. The Bertz CT molecular complexity index is 1660. The highest BCUT2D eigenvalue weighted by Gasteiger charge is 2.33. The molecule has 4 aromatic carbocycles. The van der Waals surface area contributed by atoms with Crippen LogP contribution in [-0.2, 0) is 22.6 Å². The Morgan fingerprint density at radius 1 is 0.911 bits per heavy atom. The van der Waals surface area contributed by atoms with Crippen molar-refractivity contribution in [3.8, 4) is 5.75 Å². The number of hydrogen-bond acceptors (Lipinski definition) is 4. The van der Waals surface area contributed by atoms with Gasteiger partial charge in [0.25, 0.3) is 5.91 Å². The van der Waals surface area contributed by atoms with Crippen LogP contribution in [0.1, 0.15) is 66.4 Å². The molecular formula is C38H41N3O4. The number of amides is 3. The summed E-state index contributed by atoms with van der Waals surface area (Å²) in [4.78, 5) is 45.1. The maximum Gasteiger partial charge on any atom is 0.258 e. The van der Waals surface area contributed by atoms with E-state index < -0.39 is 6.04 Å². The summed E-state index contributed by atoms with van der Waals surface area (Å²) < 4.78 is 5.46. The molecule has 3 amide bonds. The molecule has 7 nitrogen and oxygen atoms in total. The topological polar surface area (TPSA) is 79.0 Å². The third kappa shape index (κ3) is 6.88. The number of hydrogen-bond donors (Lipinski definition) is 1. The summed E-state index contributed by atoms with van der Waals surface area (Å²) in [5, 5.41) is 5.31. The molecule has 0 spiro atoms. The Labute approximate surface area is 265 Å². The third-order valence-electron chi connectivity index (χ3n) is 9.13. The largest absolute Gasteiger partial charge is 0.497 e. The Morgan fingerprint density at radius 2 is 1.64 bits per heavy atom. The molecule has 0 saturated heterocycles. The van der Waals surface area contributed by atoms with Crippen LogP contribution in [0, 0.1) is 0 Å². The summed E-state index contributed by atoms with van der Waals surface area (Å²) in [6, 6.07) is 28.8. The van der Waals surface area contributed by atoms with E-state index >= 15 is 0 Å². The first-order chi connectivity index (χ1) is 22.0. The second-order valence-corrected chi connectivity index (χ2v) is 12.2. The number of ether oxygens (including phenoxy) is 1. The first-order valence-electron chi connectivity index (χ1n) is 16.1. The fourth-order valence-corrected chi connectivity index (χ4v) is 6.80. The molecule has 1 N–H and O–H groups in total. The van der Waals surface area contributed by atoms with Gasteiger partial charge < -0.3 is 19.9 Å². The van der Waals surface area contributed by atoms with Gasteiger partial charge in [-0.05, 0) is 60.0 Å². The second kappa shape index (κ2) is 14.0. The van der Waals surface area contributed by atoms with Crippen LogP contribution in [-0.4, -0.2) is 48.4 Å². The van der Waals surface area contributed by atoms with Gasteiger partial charge in [-0.15, -0.1) is 0 Å². The number of methoxy groups -OCH3 is 1. The minimum atomic E-state index is -0.681. The molecule has 1 aliphatic heterocycles. The standard InChI is InChI=1S/C38H41N3O4/c1-45-31-19-8-14-28(24-31)26-41(34(25-27-12-4-2-5-13-27)37(43)39-30-17-6-3-7-18-30)35(42)22-11-23-40-33-21-10-16-29-15-9-20-32(36(29)33)38(40)44/h2,4-5,8-10,12-16,19-21,24,30,34H,3,6-7,11,17-18,22-23,25-26H2,1H3,(H,39,43)/t34-/m1/s1. The van der Waals surface area contributed by atoms with E-state index in [0.717, 1.165) is 53.3 Å². The van der Waals surface area contributed by atoms with Gasteiger partial charge in [0.1, 0.15) is 11.8 Å². The minimum absolute atomic E-state index is 0.0312. The lowest BCUT2D eigenvalue weighted by molar-refractivity contribution is -0.141. The zero-order valence-electron chi connectivity index (χ0n) is 25.9. The maximum atomic E-state index is 14.2. The quantitative estimate of drug-likeness (QED) is 0.196. The lowest BCUT2D eigenvalue weighted by Crippen LogP contribution is -2.52. The highest BCUT2D eigenvalue weighted by Crippen LogP contribution is 2.37. The number of rotatable bonds is 12. The molecule has 232 valence electrons. The van der Waals surface area contributed by atoms with E-state index in [9.17, 15) is 14.4 Å². The zero-order chi connectivity index (χ0) is 31.2.